The molecule has 0 amide bonds. The average molecular weight is 244 g/mol. The second kappa shape index (κ2) is 4.82. The fourth-order valence-electron chi connectivity index (χ4n) is 2.60. The molecule has 1 aliphatic heterocycles. The molecule has 1 aromatic heterocycles. The highest BCUT2D eigenvalue weighted by molar-refractivity contribution is 5.19. The van der Waals surface area contributed by atoms with Gasteiger partial charge in [-0.25, -0.2) is 0 Å². The van der Waals surface area contributed by atoms with E-state index >= 15 is 0 Å². The fourth-order valence-corrected chi connectivity index (χ4v) is 2.60. The first-order chi connectivity index (χ1) is 8.84. The lowest BCUT2D eigenvalue weighted by atomic mass is 9.94. The van der Waals surface area contributed by atoms with Gasteiger partial charge >= 0.3 is 0 Å². The molecule has 2 heterocycles. The summed E-state index contributed by atoms with van der Waals surface area (Å²) in [6.07, 6.45) is 3.27. The Morgan fingerprint density at radius 2 is 2.06 bits per heavy atom. The van der Waals surface area contributed by atoms with Crippen LogP contribution in [0.25, 0.3) is 0 Å². The first-order valence-electron chi connectivity index (χ1n) is 6.29. The summed E-state index contributed by atoms with van der Waals surface area (Å²) >= 11 is 0. The van der Waals surface area contributed by atoms with Gasteiger partial charge in [0.2, 0.25) is 0 Å². The Labute approximate surface area is 105 Å². The van der Waals surface area contributed by atoms with Crippen LogP contribution >= 0.6 is 0 Å². The van der Waals surface area contributed by atoms with Gasteiger partial charge in [-0.1, -0.05) is 30.3 Å². The van der Waals surface area contributed by atoms with Crippen molar-refractivity contribution in [3.05, 3.63) is 58.6 Å². The summed E-state index contributed by atoms with van der Waals surface area (Å²) in [6, 6.07) is 12.2. The van der Waals surface area contributed by atoms with Gasteiger partial charge in [0.05, 0.1) is 6.04 Å². The summed E-state index contributed by atoms with van der Waals surface area (Å²) in [5, 5.41) is 3.49. The Bertz CT molecular complexity index is 558. The summed E-state index contributed by atoms with van der Waals surface area (Å²) < 4.78 is 6.76. The quantitative estimate of drug-likeness (QED) is 0.880. The van der Waals surface area contributed by atoms with Gasteiger partial charge in [0.15, 0.2) is 0 Å². The third-order valence-corrected chi connectivity index (χ3v) is 3.51. The van der Waals surface area contributed by atoms with Crippen LogP contribution in [0.4, 0.5) is 0 Å². The molecular weight excluding hydrogens is 228 g/mol. The van der Waals surface area contributed by atoms with Gasteiger partial charge < -0.3 is 9.84 Å². The van der Waals surface area contributed by atoms with Crippen molar-refractivity contribution in [1.29, 1.82) is 0 Å². The van der Waals surface area contributed by atoms with Crippen LogP contribution in [-0.4, -0.2) is 11.3 Å². The smallest absolute Gasteiger partial charge is 0.282 e. The Morgan fingerprint density at radius 3 is 2.78 bits per heavy atom. The van der Waals surface area contributed by atoms with Crippen LogP contribution in [0.1, 0.15) is 30.5 Å². The zero-order valence-corrected chi connectivity index (χ0v) is 10.1. The lowest BCUT2D eigenvalue weighted by Gasteiger charge is -2.30. The number of nitrogens with one attached hydrogen (secondary N) is 1. The van der Waals surface area contributed by atoms with Crippen molar-refractivity contribution in [3.8, 4) is 0 Å². The lowest BCUT2D eigenvalue weighted by molar-refractivity contribution is 0.161. The molecule has 0 spiro atoms. The zero-order valence-electron chi connectivity index (χ0n) is 10.1. The summed E-state index contributed by atoms with van der Waals surface area (Å²) in [4.78, 5) is 11.6. The highest BCUT2D eigenvalue weighted by Gasteiger charge is 2.25. The standard InChI is InChI=1S/C14H16N2O2/c17-14-7-9-18-16(14)12-6-8-15-13(10-12)11-4-2-1-3-5-11/h1-5,7,9,12-13,15H,6,8,10H2/t12-,13-/m0/s1. The van der Waals surface area contributed by atoms with E-state index in [1.807, 2.05) is 18.2 Å². The molecule has 4 heteroatoms. The van der Waals surface area contributed by atoms with E-state index in [2.05, 4.69) is 17.4 Å². The van der Waals surface area contributed by atoms with Crippen molar-refractivity contribution >= 4 is 0 Å². The predicted octanol–water partition coefficient (Wildman–Crippen LogP) is 2.11. The molecule has 0 saturated carbocycles. The lowest BCUT2D eigenvalue weighted by Crippen LogP contribution is -2.35. The molecule has 2 atom stereocenters. The van der Waals surface area contributed by atoms with Crippen LogP contribution in [0.3, 0.4) is 0 Å². The summed E-state index contributed by atoms with van der Waals surface area (Å²) in [6.45, 7) is 0.900. The van der Waals surface area contributed by atoms with Gasteiger partial charge in [-0.15, -0.1) is 0 Å². The molecule has 4 nitrogen and oxygen atoms in total. The summed E-state index contributed by atoms with van der Waals surface area (Å²) in [7, 11) is 0. The minimum Gasteiger partial charge on any atom is -0.384 e. The molecule has 0 radical (unpaired) electrons. The van der Waals surface area contributed by atoms with E-state index in [1.54, 1.807) is 0 Å². The van der Waals surface area contributed by atoms with E-state index in [0.717, 1.165) is 19.4 Å². The summed E-state index contributed by atoms with van der Waals surface area (Å²) in [5.74, 6) is 0. The van der Waals surface area contributed by atoms with Crippen molar-refractivity contribution < 1.29 is 4.52 Å². The van der Waals surface area contributed by atoms with Crippen molar-refractivity contribution in [1.82, 2.24) is 10.1 Å². The number of hydrogen-bond donors (Lipinski definition) is 1. The van der Waals surface area contributed by atoms with E-state index in [1.165, 1.54) is 22.6 Å². The third-order valence-electron chi connectivity index (χ3n) is 3.51. The van der Waals surface area contributed by atoms with E-state index in [4.69, 9.17) is 4.52 Å². The molecular formula is C14H16N2O2. The van der Waals surface area contributed by atoms with Crippen LogP contribution in [0.2, 0.25) is 0 Å². The molecule has 1 fully saturated rings. The average Bonchev–Trinajstić information content (AvgIpc) is 2.86. The maximum Gasteiger partial charge on any atom is 0.282 e. The molecule has 2 aromatic rings. The largest absolute Gasteiger partial charge is 0.384 e. The number of nitrogens with zero attached hydrogens (tertiary/aromatic N) is 1. The molecule has 1 N–H and O–H groups in total. The molecule has 0 bridgehead atoms. The van der Waals surface area contributed by atoms with Crippen LogP contribution < -0.4 is 10.9 Å². The van der Waals surface area contributed by atoms with E-state index in [0.29, 0.717) is 6.04 Å². The monoisotopic (exact) mass is 244 g/mol. The zero-order chi connectivity index (χ0) is 12.4. The Balaban J connectivity index is 1.81. The number of rotatable bonds is 2. The summed E-state index contributed by atoms with van der Waals surface area (Å²) in [5.41, 5.74) is 1.22. The van der Waals surface area contributed by atoms with Gasteiger partial charge in [0, 0.05) is 12.1 Å². The number of benzene rings is 1. The molecule has 1 aromatic carbocycles. The first-order valence-corrected chi connectivity index (χ1v) is 6.29. The van der Waals surface area contributed by atoms with E-state index < -0.39 is 0 Å². The molecule has 3 rings (SSSR count). The normalized spacial score (nSPS) is 24.0. The van der Waals surface area contributed by atoms with Crippen LogP contribution in [0, 0.1) is 0 Å². The van der Waals surface area contributed by atoms with Gasteiger partial charge in [-0.2, -0.15) is 4.74 Å². The minimum absolute atomic E-state index is 0.0475. The molecule has 1 saturated heterocycles. The fraction of sp³-hybridized carbons (Fsp3) is 0.357. The van der Waals surface area contributed by atoms with Gasteiger partial charge in [0.25, 0.3) is 5.56 Å². The Kier molecular flexibility index (Phi) is 3.02. The minimum atomic E-state index is -0.0475. The second-order valence-corrected chi connectivity index (χ2v) is 4.67. The van der Waals surface area contributed by atoms with Crippen molar-refractivity contribution in [2.45, 2.75) is 24.9 Å². The predicted molar refractivity (Wildman–Crippen MR) is 68.4 cm³/mol. The highest BCUT2D eigenvalue weighted by Crippen LogP contribution is 2.29. The Morgan fingerprint density at radius 1 is 1.22 bits per heavy atom. The van der Waals surface area contributed by atoms with Crippen molar-refractivity contribution in [2.75, 3.05) is 6.54 Å². The number of hydrogen-bond acceptors (Lipinski definition) is 3. The Hall–Kier alpha value is -1.81. The SMILES string of the molecule is O=c1ccon1[C@H]1CCN[C@H](c2ccccc2)C1. The van der Waals surface area contributed by atoms with E-state index in [9.17, 15) is 4.79 Å². The van der Waals surface area contributed by atoms with Crippen LogP contribution in [0.5, 0.6) is 0 Å². The molecule has 0 unspecified atom stereocenters. The van der Waals surface area contributed by atoms with Crippen molar-refractivity contribution in [2.24, 2.45) is 0 Å². The van der Waals surface area contributed by atoms with Gasteiger partial charge in [0.1, 0.15) is 6.26 Å². The van der Waals surface area contributed by atoms with E-state index in [-0.39, 0.29) is 11.6 Å². The van der Waals surface area contributed by atoms with Crippen LogP contribution in [0.15, 0.2) is 52.0 Å². The maximum atomic E-state index is 11.6. The molecule has 0 aliphatic carbocycles. The number of aromatic nitrogens is 1. The first kappa shape index (κ1) is 11.3. The highest BCUT2D eigenvalue weighted by atomic mass is 16.5. The molecule has 18 heavy (non-hydrogen) atoms. The topological polar surface area (TPSA) is 47.2 Å². The van der Waals surface area contributed by atoms with Crippen LogP contribution in [-0.2, 0) is 0 Å². The number of piperidine rings is 1. The van der Waals surface area contributed by atoms with Gasteiger partial charge in [-0.05, 0) is 24.9 Å². The molecule has 1 aliphatic rings. The van der Waals surface area contributed by atoms with Gasteiger partial charge in [-0.3, -0.25) is 4.79 Å². The maximum absolute atomic E-state index is 11.6. The second-order valence-electron chi connectivity index (χ2n) is 4.67. The third kappa shape index (κ3) is 2.11. The molecule has 94 valence electrons. The van der Waals surface area contributed by atoms with Crippen molar-refractivity contribution in [3.63, 3.8) is 0 Å².